The highest BCUT2D eigenvalue weighted by Gasteiger charge is 2.24. The first-order valence-corrected chi connectivity index (χ1v) is 7.60. The third-order valence-corrected chi connectivity index (χ3v) is 3.82. The molecule has 0 saturated heterocycles. The standard InChI is InChI=1S/C15H28ClN3/c1-7-17-14(15(4,5)6)9-8-13-12(16)10-18-19(13)11(2)3/h10-11,14,17H,7-9H2,1-6H3. The Hall–Kier alpha value is -0.540. The van der Waals surface area contributed by atoms with Gasteiger partial charge < -0.3 is 5.32 Å². The van der Waals surface area contributed by atoms with E-state index in [0.29, 0.717) is 12.1 Å². The second kappa shape index (κ2) is 6.76. The number of hydrogen-bond donors (Lipinski definition) is 1. The van der Waals surface area contributed by atoms with Crippen LogP contribution in [0.4, 0.5) is 0 Å². The van der Waals surface area contributed by atoms with Crippen LogP contribution in [0.25, 0.3) is 0 Å². The summed E-state index contributed by atoms with van der Waals surface area (Å²) in [7, 11) is 0. The topological polar surface area (TPSA) is 29.9 Å². The Balaban J connectivity index is 2.77. The summed E-state index contributed by atoms with van der Waals surface area (Å²) in [5.74, 6) is 0. The molecule has 0 aliphatic heterocycles. The van der Waals surface area contributed by atoms with Gasteiger partial charge >= 0.3 is 0 Å². The van der Waals surface area contributed by atoms with Gasteiger partial charge in [0.15, 0.2) is 0 Å². The number of hydrogen-bond acceptors (Lipinski definition) is 2. The lowest BCUT2D eigenvalue weighted by Gasteiger charge is -2.31. The van der Waals surface area contributed by atoms with Crippen molar-refractivity contribution in [1.82, 2.24) is 15.1 Å². The van der Waals surface area contributed by atoms with E-state index in [1.807, 2.05) is 4.68 Å². The van der Waals surface area contributed by atoms with Gasteiger partial charge in [-0.25, -0.2) is 0 Å². The largest absolute Gasteiger partial charge is 0.314 e. The monoisotopic (exact) mass is 285 g/mol. The summed E-state index contributed by atoms with van der Waals surface area (Å²) in [5, 5.41) is 8.74. The van der Waals surface area contributed by atoms with E-state index in [2.05, 4.69) is 52.0 Å². The van der Waals surface area contributed by atoms with Gasteiger partial charge in [-0.1, -0.05) is 39.3 Å². The molecule has 1 heterocycles. The first-order valence-electron chi connectivity index (χ1n) is 7.22. The van der Waals surface area contributed by atoms with E-state index >= 15 is 0 Å². The van der Waals surface area contributed by atoms with Gasteiger partial charge in [0.05, 0.1) is 16.9 Å². The first kappa shape index (κ1) is 16.5. The summed E-state index contributed by atoms with van der Waals surface area (Å²) in [6.07, 6.45) is 3.80. The molecule has 1 aromatic heterocycles. The number of halogens is 1. The predicted molar refractivity (Wildman–Crippen MR) is 82.9 cm³/mol. The van der Waals surface area contributed by atoms with Crippen molar-refractivity contribution in [2.24, 2.45) is 5.41 Å². The van der Waals surface area contributed by atoms with Crippen LogP contribution in [0.3, 0.4) is 0 Å². The lowest BCUT2D eigenvalue weighted by molar-refractivity contribution is 0.256. The van der Waals surface area contributed by atoms with Crippen molar-refractivity contribution in [2.45, 2.75) is 66.5 Å². The van der Waals surface area contributed by atoms with Crippen LogP contribution in [0.1, 0.15) is 59.7 Å². The van der Waals surface area contributed by atoms with Crippen LogP contribution in [-0.4, -0.2) is 22.4 Å². The Labute approximate surface area is 122 Å². The Kier molecular flexibility index (Phi) is 5.87. The zero-order chi connectivity index (χ0) is 14.6. The van der Waals surface area contributed by atoms with Gasteiger partial charge in [0, 0.05) is 12.1 Å². The van der Waals surface area contributed by atoms with Crippen molar-refractivity contribution in [1.29, 1.82) is 0 Å². The zero-order valence-corrected chi connectivity index (χ0v) is 13.9. The van der Waals surface area contributed by atoms with Gasteiger partial charge in [-0.05, 0) is 38.6 Å². The van der Waals surface area contributed by atoms with Crippen LogP contribution in [0.15, 0.2) is 6.20 Å². The van der Waals surface area contributed by atoms with Crippen LogP contribution in [0, 0.1) is 5.41 Å². The summed E-state index contributed by atoms with van der Waals surface area (Å²) in [6, 6.07) is 0.846. The molecule has 4 heteroatoms. The molecule has 1 unspecified atom stereocenters. The summed E-state index contributed by atoms with van der Waals surface area (Å²) >= 11 is 6.26. The van der Waals surface area contributed by atoms with Gasteiger partial charge in [0.1, 0.15) is 0 Å². The minimum atomic E-state index is 0.255. The number of aromatic nitrogens is 2. The molecule has 1 rings (SSSR count). The van der Waals surface area contributed by atoms with Crippen molar-refractivity contribution < 1.29 is 0 Å². The molecule has 19 heavy (non-hydrogen) atoms. The fraction of sp³-hybridized carbons (Fsp3) is 0.800. The predicted octanol–water partition coefficient (Wildman–Crippen LogP) is 4.07. The average molecular weight is 286 g/mol. The van der Waals surface area contributed by atoms with Crippen molar-refractivity contribution in [3.05, 3.63) is 16.9 Å². The van der Waals surface area contributed by atoms with Crippen LogP contribution in [0.2, 0.25) is 5.02 Å². The maximum Gasteiger partial charge on any atom is 0.0817 e. The fourth-order valence-corrected chi connectivity index (χ4v) is 2.64. The maximum absolute atomic E-state index is 6.26. The second-order valence-corrected chi connectivity index (χ2v) is 6.90. The minimum Gasteiger partial charge on any atom is -0.314 e. The summed E-state index contributed by atoms with van der Waals surface area (Å²) in [4.78, 5) is 0. The molecular weight excluding hydrogens is 258 g/mol. The number of nitrogens with zero attached hydrogens (tertiary/aromatic N) is 2. The third-order valence-electron chi connectivity index (χ3n) is 3.50. The van der Waals surface area contributed by atoms with E-state index in [-0.39, 0.29) is 5.41 Å². The Morgan fingerprint density at radius 2 is 2.00 bits per heavy atom. The molecule has 0 bridgehead atoms. The number of nitrogens with one attached hydrogen (secondary N) is 1. The van der Waals surface area contributed by atoms with E-state index in [1.165, 1.54) is 0 Å². The molecule has 0 aliphatic carbocycles. The van der Waals surface area contributed by atoms with E-state index in [0.717, 1.165) is 30.1 Å². The summed E-state index contributed by atoms with van der Waals surface area (Å²) in [6.45, 7) is 14.3. The van der Waals surface area contributed by atoms with Crippen molar-refractivity contribution in [3.8, 4) is 0 Å². The maximum atomic E-state index is 6.26. The highest BCUT2D eigenvalue weighted by Crippen LogP contribution is 2.26. The Morgan fingerprint density at radius 1 is 1.37 bits per heavy atom. The molecule has 3 nitrogen and oxygen atoms in total. The Morgan fingerprint density at radius 3 is 2.47 bits per heavy atom. The van der Waals surface area contributed by atoms with Crippen molar-refractivity contribution in [2.75, 3.05) is 6.54 Å². The smallest absolute Gasteiger partial charge is 0.0817 e. The van der Waals surface area contributed by atoms with Crippen LogP contribution >= 0.6 is 11.6 Å². The lowest BCUT2D eigenvalue weighted by atomic mass is 9.83. The Bertz CT molecular complexity index is 391. The highest BCUT2D eigenvalue weighted by atomic mass is 35.5. The van der Waals surface area contributed by atoms with Crippen LogP contribution < -0.4 is 5.32 Å². The molecular formula is C15H28ClN3. The average Bonchev–Trinajstić information content (AvgIpc) is 2.64. The quantitative estimate of drug-likeness (QED) is 0.854. The first-order chi connectivity index (χ1) is 8.77. The molecule has 0 aromatic carbocycles. The minimum absolute atomic E-state index is 0.255. The molecule has 0 saturated carbocycles. The molecule has 0 spiro atoms. The van der Waals surface area contributed by atoms with E-state index < -0.39 is 0 Å². The van der Waals surface area contributed by atoms with Gasteiger partial charge in [-0.15, -0.1) is 0 Å². The molecule has 1 aromatic rings. The van der Waals surface area contributed by atoms with Crippen molar-refractivity contribution >= 4 is 11.6 Å². The highest BCUT2D eigenvalue weighted by molar-refractivity contribution is 6.31. The molecule has 1 atom stereocenters. The molecule has 0 radical (unpaired) electrons. The van der Waals surface area contributed by atoms with Crippen molar-refractivity contribution in [3.63, 3.8) is 0 Å². The van der Waals surface area contributed by atoms with Gasteiger partial charge in [0.25, 0.3) is 0 Å². The lowest BCUT2D eigenvalue weighted by Crippen LogP contribution is -2.40. The second-order valence-electron chi connectivity index (χ2n) is 6.49. The fourth-order valence-electron chi connectivity index (χ4n) is 2.41. The third kappa shape index (κ3) is 4.50. The molecule has 110 valence electrons. The van der Waals surface area contributed by atoms with E-state index in [9.17, 15) is 0 Å². The SMILES string of the molecule is CCNC(CCc1c(Cl)cnn1C(C)C)C(C)(C)C. The van der Waals surface area contributed by atoms with Gasteiger partial charge in [-0.3, -0.25) is 4.68 Å². The van der Waals surface area contributed by atoms with Crippen LogP contribution in [0.5, 0.6) is 0 Å². The molecule has 0 aliphatic rings. The summed E-state index contributed by atoms with van der Waals surface area (Å²) < 4.78 is 2.04. The molecule has 1 N–H and O–H groups in total. The zero-order valence-electron chi connectivity index (χ0n) is 13.1. The van der Waals surface area contributed by atoms with Crippen LogP contribution in [-0.2, 0) is 6.42 Å². The molecule has 0 amide bonds. The van der Waals surface area contributed by atoms with E-state index in [1.54, 1.807) is 6.20 Å². The van der Waals surface area contributed by atoms with Gasteiger partial charge in [0.2, 0.25) is 0 Å². The van der Waals surface area contributed by atoms with E-state index in [4.69, 9.17) is 11.6 Å². The summed E-state index contributed by atoms with van der Waals surface area (Å²) in [5.41, 5.74) is 1.41. The number of rotatable bonds is 6. The normalized spacial score (nSPS) is 14.1. The van der Waals surface area contributed by atoms with Gasteiger partial charge in [-0.2, -0.15) is 5.10 Å². The molecule has 0 fully saturated rings.